The Balaban J connectivity index is 1.90. The van der Waals surface area contributed by atoms with Gasteiger partial charge in [0.25, 0.3) is 0 Å². The van der Waals surface area contributed by atoms with Gasteiger partial charge in [0.1, 0.15) is 0 Å². The molecular weight excluding hydrogens is 230 g/mol. The van der Waals surface area contributed by atoms with Crippen LogP contribution < -0.4 is 5.73 Å². The number of thiazole rings is 1. The summed E-state index contributed by atoms with van der Waals surface area (Å²) in [6.45, 7) is 2.37. The Kier molecular flexibility index (Phi) is 2.76. The first kappa shape index (κ1) is 11.0. The minimum absolute atomic E-state index is 0.643. The van der Waals surface area contributed by atoms with E-state index in [1.807, 2.05) is 23.5 Å². The van der Waals surface area contributed by atoms with Gasteiger partial charge in [0.05, 0.1) is 15.2 Å². The molecule has 2 N–H and O–H groups in total. The van der Waals surface area contributed by atoms with E-state index in [0.717, 1.165) is 11.2 Å². The van der Waals surface area contributed by atoms with Gasteiger partial charge in [-0.2, -0.15) is 0 Å². The molecule has 2 heterocycles. The van der Waals surface area contributed by atoms with E-state index in [4.69, 9.17) is 10.7 Å². The van der Waals surface area contributed by atoms with Gasteiger partial charge in [0.2, 0.25) is 0 Å². The van der Waals surface area contributed by atoms with Crippen LogP contribution in [0, 0.1) is 0 Å². The summed E-state index contributed by atoms with van der Waals surface area (Å²) in [5, 5.41) is 1.29. The van der Waals surface area contributed by atoms with Gasteiger partial charge in [0.15, 0.2) is 0 Å². The Morgan fingerprint density at radius 1 is 1.35 bits per heavy atom. The zero-order valence-electron chi connectivity index (χ0n) is 10.0. The van der Waals surface area contributed by atoms with Gasteiger partial charge in [-0.25, -0.2) is 4.98 Å². The fraction of sp³-hybridized carbons (Fsp3) is 0.462. The normalized spacial score (nSPS) is 18.9. The van der Waals surface area contributed by atoms with Gasteiger partial charge >= 0.3 is 0 Å². The summed E-state index contributed by atoms with van der Waals surface area (Å²) in [7, 11) is 2.19. The molecule has 1 aromatic heterocycles. The number of hydrogen-bond donors (Lipinski definition) is 1. The highest BCUT2D eigenvalue weighted by atomic mass is 32.1. The zero-order chi connectivity index (χ0) is 11.8. The maximum Gasteiger partial charge on any atom is 0.0970 e. The second-order valence-corrected chi connectivity index (χ2v) is 5.92. The predicted molar refractivity (Wildman–Crippen MR) is 73.5 cm³/mol. The Labute approximate surface area is 105 Å². The van der Waals surface area contributed by atoms with Crippen molar-refractivity contribution in [2.45, 2.75) is 18.8 Å². The minimum atomic E-state index is 0.643. The number of rotatable bonds is 1. The topological polar surface area (TPSA) is 42.2 Å². The van der Waals surface area contributed by atoms with Gasteiger partial charge in [-0.1, -0.05) is 0 Å². The molecule has 0 spiro atoms. The number of nitrogen functional groups attached to an aromatic ring is 1. The van der Waals surface area contributed by atoms with E-state index >= 15 is 0 Å². The highest BCUT2D eigenvalue weighted by Crippen LogP contribution is 2.34. The Hall–Kier alpha value is -1.13. The molecule has 0 aliphatic carbocycles. The molecule has 1 aliphatic heterocycles. The van der Waals surface area contributed by atoms with Gasteiger partial charge in [0, 0.05) is 11.6 Å². The quantitative estimate of drug-likeness (QED) is 0.788. The fourth-order valence-corrected chi connectivity index (χ4v) is 3.51. The number of benzene rings is 1. The van der Waals surface area contributed by atoms with Crippen LogP contribution in [-0.4, -0.2) is 30.0 Å². The Morgan fingerprint density at radius 3 is 2.88 bits per heavy atom. The zero-order valence-corrected chi connectivity index (χ0v) is 10.8. The van der Waals surface area contributed by atoms with Gasteiger partial charge in [-0.15, -0.1) is 11.3 Å². The standard InChI is InChI=1S/C13H17N3S/c1-16-6-4-9(5-7-16)13-15-11-8-10(14)2-3-12(11)17-13/h2-3,8-9H,4-7,14H2,1H3. The van der Waals surface area contributed by atoms with Crippen LogP contribution in [0.3, 0.4) is 0 Å². The number of aromatic nitrogens is 1. The van der Waals surface area contributed by atoms with Gasteiger partial charge in [-0.3, -0.25) is 0 Å². The van der Waals surface area contributed by atoms with Crippen LogP contribution in [0.4, 0.5) is 5.69 Å². The van der Waals surface area contributed by atoms with Gasteiger partial charge < -0.3 is 10.6 Å². The number of anilines is 1. The monoisotopic (exact) mass is 247 g/mol. The number of hydrogen-bond acceptors (Lipinski definition) is 4. The van der Waals surface area contributed by atoms with Crippen molar-refractivity contribution >= 4 is 27.2 Å². The molecular formula is C13H17N3S. The van der Waals surface area contributed by atoms with Crippen LogP contribution in [-0.2, 0) is 0 Å². The molecule has 90 valence electrons. The lowest BCUT2D eigenvalue weighted by molar-refractivity contribution is 0.255. The average molecular weight is 247 g/mol. The summed E-state index contributed by atoms with van der Waals surface area (Å²) in [4.78, 5) is 7.13. The summed E-state index contributed by atoms with van der Waals surface area (Å²) in [5.41, 5.74) is 7.65. The molecule has 3 nitrogen and oxygen atoms in total. The molecule has 1 saturated heterocycles. The van der Waals surface area contributed by atoms with Crippen molar-refractivity contribution in [2.75, 3.05) is 25.9 Å². The summed E-state index contributed by atoms with van der Waals surface area (Å²) in [6.07, 6.45) is 2.46. The molecule has 1 aliphatic rings. The number of nitrogens with two attached hydrogens (primary N) is 1. The average Bonchev–Trinajstić information content (AvgIpc) is 2.72. The van der Waals surface area contributed by atoms with Crippen molar-refractivity contribution in [3.63, 3.8) is 0 Å². The summed E-state index contributed by atoms with van der Waals surface area (Å²) in [6, 6.07) is 6.02. The summed E-state index contributed by atoms with van der Waals surface area (Å²) in [5.74, 6) is 0.643. The molecule has 0 saturated carbocycles. The largest absolute Gasteiger partial charge is 0.399 e. The van der Waals surface area contributed by atoms with Crippen LogP contribution in [0.1, 0.15) is 23.8 Å². The maximum atomic E-state index is 5.79. The lowest BCUT2D eigenvalue weighted by Gasteiger charge is -2.27. The van der Waals surface area contributed by atoms with Crippen LogP contribution in [0.5, 0.6) is 0 Å². The van der Waals surface area contributed by atoms with Crippen LogP contribution in [0.25, 0.3) is 10.2 Å². The number of likely N-dealkylation sites (tertiary alicyclic amines) is 1. The van der Waals surface area contributed by atoms with E-state index in [2.05, 4.69) is 18.0 Å². The fourth-order valence-electron chi connectivity index (χ4n) is 2.39. The third-order valence-electron chi connectivity index (χ3n) is 3.50. The van der Waals surface area contributed by atoms with E-state index in [1.165, 1.54) is 35.6 Å². The molecule has 1 fully saturated rings. The lowest BCUT2D eigenvalue weighted by Crippen LogP contribution is -2.29. The van der Waals surface area contributed by atoms with E-state index < -0.39 is 0 Å². The van der Waals surface area contributed by atoms with Crippen molar-refractivity contribution in [3.05, 3.63) is 23.2 Å². The molecule has 0 amide bonds. The predicted octanol–water partition coefficient (Wildman–Crippen LogP) is 2.69. The minimum Gasteiger partial charge on any atom is -0.399 e. The van der Waals surface area contributed by atoms with Crippen LogP contribution in [0.2, 0.25) is 0 Å². The third kappa shape index (κ3) is 2.15. The van der Waals surface area contributed by atoms with Crippen molar-refractivity contribution in [2.24, 2.45) is 0 Å². The third-order valence-corrected chi connectivity index (χ3v) is 4.69. The number of piperidine rings is 1. The molecule has 1 aromatic carbocycles. The van der Waals surface area contributed by atoms with E-state index in [-0.39, 0.29) is 0 Å². The second-order valence-electron chi connectivity index (χ2n) is 4.86. The second kappa shape index (κ2) is 4.27. The molecule has 0 bridgehead atoms. The van der Waals surface area contributed by atoms with Crippen molar-refractivity contribution in [1.82, 2.24) is 9.88 Å². The smallest absolute Gasteiger partial charge is 0.0970 e. The highest BCUT2D eigenvalue weighted by molar-refractivity contribution is 7.18. The number of nitrogens with zero attached hydrogens (tertiary/aromatic N) is 2. The first-order valence-electron chi connectivity index (χ1n) is 6.07. The molecule has 0 unspecified atom stereocenters. The van der Waals surface area contributed by atoms with E-state index in [0.29, 0.717) is 5.92 Å². The molecule has 0 radical (unpaired) electrons. The first-order chi connectivity index (χ1) is 8.22. The molecule has 3 rings (SSSR count). The van der Waals surface area contributed by atoms with Crippen molar-refractivity contribution in [3.8, 4) is 0 Å². The van der Waals surface area contributed by atoms with E-state index in [9.17, 15) is 0 Å². The molecule has 0 atom stereocenters. The molecule has 4 heteroatoms. The Morgan fingerprint density at radius 2 is 2.12 bits per heavy atom. The SMILES string of the molecule is CN1CCC(c2nc3cc(N)ccc3s2)CC1. The van der Waals surface area contributed by atoms with Gasteiger partial charge in [-0.05, 0) is 51.2 Å². The van der Waals surface area contributed by atoms with Crippen LogP contribution >= 0.6 is 11.3 Å². The maximum absolute atomic E-state index is 5.79. The Bertz CT molecular complexity index is 526. The summed E-state index contributed by atoms with van der Waals surface area (Å²) < 4.78 is 1.26. The van der Waals surface area contributed by atoms with Crippen molar-refractivity contribution < 1.29 is 0 Å². The summed E-state index contributed by atoms with van der Waals surface area (Å²) >= 11 is 1.83. The molecule has 2 aromatic rings. The molecule has 17 heavy (non-hydrogen) atoms. The lowest BCUT2D eigenvalue weighted by atomic mass is 9.98. The van der Waals surface area contributed by atoms with Crippen LogP contribution in [0.15, 0.2) is 18.2 Å². The first-order valence-corrected chi connectivity index (χ1v) is 6.88. The highest BCUT2D eigenvalue weighted by Gasteiger charge is 2.21. The van der Waals surface area contributed by atoms with Crippen molar-refractivity contribution in [1.29, 1.82) is 0 Å². The number of fused-ring (bicyclic) bond motifs is 1. The van der Waals surface area contributed by atoms with E-state index in [1.54, 1.807) is 0 Å².